The first kappa shape index (κ1) is 38.2. The van der Waals surface area contributed by atoms with E-state index in [0.29, 0.717) is 17.6 Å². The lowest BCUT2D eigenvalue weighted by atomic mass is 9.92. The Morgan fingerprint density at radius 2 is 0.768 bits per heavy atom. The van der Waals surface area contributed by atoms with Crippen molar-refractivity contribution in [2.75, 3.05) is 0 Å². The summed E-state index contributed by atoms with van der Waals surface area (Å²) in [7, 11) is 0. The first-order chi connectivity index (χ1) is 34.2. The van der Waals surface area contributed by atoms with Crippen molar-refractivity contribution >= 4 is 107 Å². The van der Waals surface area contributed by atoms with Gasteiger partial charge < -0.3 is 4.57 Å². The topological polar surface area (TPSA) is 48.5 Å². The molecule has 5 nitrogen and oxygen atoms in total. The van der Waals surface area contributed by atoms with Gasteiger partial charge in [-0.15, -0.1) is 11.3 Å². The summed E-state index contributed by atoms with van der Waals surface area (Å²) in [4.78, 5) is 15.9. The molecular formula is C63H37N5S. The third kappa shape index (κ3) is 5.79. The Labute approximate surface area is 399 Å². The van der Waals surface area contributed by atoms with E-state index in [1.54, 1.807) is 11.3 Å². The first-order valence-electron chi connectivity index (χ1n) is 23.3. The van der Waals surface area contributed by atoms with E-state index in [1.807, 2.05) is 18.2 Å². The molecule has 6 heteroatoms. The highest BCUT2D eigenvalue weighted by Crippen LogP contribution is 2.42. The molecule has 320 valence electrons. The number of thiophene rings is 1. The van der Waals surface area contributed by atoms with Gasteiger partial charge in [0, 0.05) is 58.5 Å². The number of rotatable bonds is 5. The smallest absolute Gasteiger partial charge is 0.238 e. The second kappa shape index (κ2) is 14.8. The van der Waals surface area contributed by atoms with Crippen molar-refractivity contribution in [1.29, 1.82) is 0 Å². The number of fused-ring (bicyclic) bond motifs is 15. The molecule has 0 aliphatic carbocycles. The number of benzene rings is 11. The molecule has 4 aromatic heterocycles. The number of nitrogens with zero attached hydrogens (tertiary/aromatic N) is 5. The Hall–Kier alpha value is -8.97. The van der Waals surface area contributed by atoms with E-state index in [2.05, 4.69) is 215 Å². The highest BCUT2D eigenvalue weighted by atomic mass is 32.1. The second-order valence-electron chi connectivity index (χ2n) is 18.0. The molecule has 0 bridgehead atoms. The molecule has 0 unspecified atom stereocenters. The molecule has 69 heavy (non-hydrogen) atoms. The van der Waals surface area contributed by atoms with E-state index in [9.17, 15) is 0 Å². The van der Waals surface area contributed by atoms with Crippen LogP contribution < -0.4 is 0 Å². The van der Waals surface area contributed by atoms with Gasteiger partial charge in [0.1, 0.15) is 0 Å². The van der Waals surface area contributed by atoms with Crippen molar-refractivity contribution < 1.29 is 0 Å². The summed E-state index contributed by atoms with van der Waals surface area (Å²) in [5, 5.41) is 14.8. The van der Waals surface area contributed by atoms with Crippen LogP contribution in [-0.2, 0) is 0 Å². The summed E-state index contributed by atoms with van der Waals surface area (Å²) in [5.74, 6) is 1.83. The maximum Gasteiger partial charge on any atom is 0.238 e. The molecule has 11 aromatic carbocycles. The lowest BCUT2D eigenvalue weighted by Gasteiger charge is -2.14. The monoisotopic (exact) mass is 895 g/mol. The standard InChI is InChI=1S/C63H37N5S/c1-2-15-38(16-3-1)61-64-62(41-30-32-51-50-25-10-13-28-59(50)69-60(51)35-41)66-63(65-61)68-56-27-12-9-24-49(56)54-36-53-48-23-8-11-26-55(48)67(57(53)37-58(54)68)42-18-14-17-39(33-42)40-29-31-47-45-21-5-4-19-43(45)44-20-6-7-22-46(44)52(47)34-40/h1-37H. The number of para-hydroxylation sites is 2. The summed E-state index contributed by atoms with van der Waals surface area (Å²) in [6.45, 7) is 0. The lowest BCUT2D eigenvalue weighted by molar-refractivity contribution is 0.954. The van der Waals surface area contributed by atoms with E-state index in [4.69, 9.17) is 15.0 Å². The molecule has 0 aliphatic rings. The number of hydrogen-bond acceptors (Lipinski definition) is 4. The van der Waals surface area contributed by atoms with Crippen molar-refractivity contribution in [3.05, 3.63) is 224 Å². The average molecular weight is 896 g/mol. The largest absolute Gasteiger partial charge is 0.309 e. The Bertz CT molecular complexity index is 4580. The zero-order valence-electron chi connectivity index (χ0n) is 37.0. The molecule has 0 amide bonds. The van der Waals surface area contributed by atoms with Crippen LogP contribution in [-0.4, -0.2) is 24.1 Å². The van der Waals surface area contributed by atoms with Gasteiger partial charge in [0.15, 0.2) is 11.6 Å². The number of aromatic nitrogens is 5. The molecule has 0 saturated heterocycles. The zero-order valence-corrected chi connectivity index (χ0v) is 37.8. The molecular weight excluding hydrogens is 859 g/mol. The summed E-state index contributed by atoms with van der Waals surface area (Å²) in [5.41, 5.74) is 9.62. The van der Waals surface area contributed by atoms with Crippen LogP contribution in [0, 0.1) is 0 Å². The van der Waals surface area contributed by atoms with Gasteiger partial charge in [0.2, 0.25) is 5.95 Å². The molecule has 15 rings (SSSR count). The maximum atomic E-state index is 5.38. The molecule has 15 aromatic rings. The minimum Gasteiger partial charge on any atom is -0.309 e. The molecule has 0 radical (unpaired) electrons. The third-order valence-corrected chi connectivity index (χ3v) is 15.3. The normalized spacial score (nSPS) is 12.1. The van der Waals surface area contributed by atoms with Crippen LogP contribution in [0.4, 0.5) is 0 Å². The minimum atomic E-state index is 0.571. The third-order valence-electron chi connectivity index (χ3n) is 14.1. The van der Waals surface area contributed by atoms with Crippen molar-refractivity contribution in [2.45, 2.75) is 0 Å². The van der Waals surface area contributed by atoms with Crippen LogP contribution in [0.1, 0.15) is 0 Å². The van der Waals surface area contributed by atoms with Gasteiger partial charge in [-0.25, -0.2) is 4.98 Å². The predicted octanol–water partition coefficient (Wildman–Crippen LogP) is 16.9. The fraction of sp³-hybridized carbons (Fsp3) is 0. The fourth-order valence-electron chi connectivity index (χ4n) is 11.0. The molecule has 0 N–H and O–H groups in total. The Morgan fingerprint density at radius 3 is 1.49 bits per heavy atom. The van der Waals surface area contributed by atoms with Crippen molar-refractivity contribution in [3.63, 3.8) is 0 Å². The summed E-state index contributed by atoms with van der Waals surface area (Å²) < 4.78 is 7.13. The average Bonchev–Trinajstić information content (AvgIpc) is 4.07. The van der Waals surface area contributed by atoms with Gasteiger partial charge in [0.05, 0.1) is 22.1 Å². The van der Waals surface area contributed by atoms with E-state index < -0.39 is 0 Å². The highest BCUT2D eigenvalue weighted by Gasteiger charge is 2.22. The Kier molecular flexibility index (Phi) is 8.17. The molecule has 0 spiro atoms. The van der Waals surface area contributed by atoms with Crippen LogP contribution in [0.15, 0.2) is 224 Å². The van der Waals surface area contributed by atoms with Crippen molar-refractivity contribution in [1.82, 2.24) is 24.1 Å². The van der Waals surface area contributed by atoms with Gasteiger partial charge in [-0.3, -0.25) is 4.57 Å². The van der Waals surface area contributed by atoms with E-state index >= 15 is 0 Å². The fourth-order valence-corrected chi connectivity index (χ4v) is 12.2. The van der Waals surface area contributed by atoms with Crippen LogP contribution >= 0.6 is 11.3 Å². The molecule has 0 atom stereocenters. The zero-order chi connectivity index (χ0) is 45.2. The molecule has 4 heterocycles. The SMILES string of the molecule is c1ccc(-c2nc(-c3ccc4c(c3)sc3ccccc34)nc(-n3c4ccccc4c4cc5c6ccccc6n(-c6cccc(-c7ccc8c9ccccc9c9ccccc9c8c7)c6)c5cc43)n2)cc1. The van der Waals surface area contributed by atoms with Crippen LogP contribution in [0.3, 0.4) is 0 Å². The van der Waals surface area contributed by atoms with Gasteiger partial charge in [-0.1, -0.05) is 170 Å². The molecule has 0 saturated carbocycles. The lowest BCUT2D eigenvalue weighted by Crippen LogP contribution is -2.06. The highest BCUT2D eigenvalue weighted by molar-refractivity contribution is 7.25. The molecule has 0 fully saturated rings. The molecule has 0 aliphatic heterocycles. The van der Waals surface area contributed by atoms with Crippen LogP contribution in [0.25, 0.3) is 142 Å². The van der Waals surface area contributed by atoms with Crippen molar-refractivity contribution in [3.8, 4) is 45.5 Å². The van der Waals surface area contributed by atoms with Gasteiger partial charge >= 0.3 is 0 Å². The Morgan fingerprint density at radius 1 is 0.261 bits per heavy atom. The Balaban J connectivity index is 0.952. The van der Waals surface area contributed by atoms with Crippen LogP contribution in [0.5, 0.6) is 0 Å². The number of hydrogen-bond donors (Lipinski definition) is 0. The summed E-state index contributed by atoms with van der Waals surface area (Å²) in [6.07, 6.45) is 0. The minimum absolute atomic E-state index is 0.571. The van der Waals surface area contributed by atoms with Crippen LogP contribution in [0.2, 0.25) is 0 Å². The first-order valence-corrected chi connectivity index (χ1v) is 24.2. The van der Waals surface area contributed by atoms with Gasteiger partial charge in [-0.05, 0) is 98.0 Å². The van der Waals surface area contributed by atoms with E-state index in [0.717, 1.165) is 55.2 Å². The van der Waals surface area contributed by atoms with E-state index in [-0.39, 0.29) is 0 Å². The maximum absolute atomic E-state index is 5.38. The quantitative estimate of drug-likeness (QED) is 0.162. The second-order valence-corrected chi connectivity index (χ2v) is 19.0. The summed E-state index contributed by atoms with van der Waals surface area (Å²) >= 11 is 1.80. The van der Waals surface area contributed by atoms with Crippen molar-refractivity contribution in [2.24, 2.45) is 0 Å². The van der Waals surface area contributed by atoms with Gasteiger partial charge in [0.25, 0.3) is 0 Å². The predicted molar refractivity (Wildman–Crippen MR) is 290 cm³/mol. The summed E-state index contributed by atoms with van der Waals surface area (Å²) in [6, 6.07) is 81.1. The van der Waals surface area contributed by atoms with Gasteiger partial charge in [-0.2, -0.15) is 9.97 Å². The van der Waals surface area contributed by atoms with E-state index in [1.165, 1.54) is 68.8 Å².